The van der Waals surface area contributed by atoms with E-state index >= 15 is 0 Å². The first-order valence-electron chi connectivity index (χ1n) is 10.3. The Kier molecular flexibility index (Phi) is 6.38. The van der Waals surface area contributed by atoms with E-state index in [-0.39, 0.29) is 6.03 Å². The third-order valence-corrected chi connectivity index (χ3v) is 4.96. The Morgan fingerprint density at radius 2 is 1.88 bits per heavy atom. The highest BCUT2D eigenvalue weighted by Crippen LogP contribution is 2.33. The quantitative estimate of drug-likeness (QED) is 0.341. The number of urea groups is 1. The van der Waals surface area contributed by atoms with Crippen LogP contribution in [0.1, 0.15) is 11.1 Å². The number of fused-ring (bicyclic) bond motifs is 1. The number of ether oxygens (including phenoxy) is 1. The second kappa shape index (κ2) is 9.72. The second-order valence-corrected chi connectivity index (χ2v) is 7.24. The number of nitrogens with two attached hydrogens (primary N) is 1. The topological polar surface area (TPSA) is 130 Å². The number of rotatable bonds is 7. The number of anilines is 3. The summed E-state index contributed by atoms with van der Waals surface area (Å²) in [5.74, 6) is 1.45. The molecule has 2 amide bonds. The van der Waals surface area contributed by atoms with Crippen molar-refractivity contribution < 1.29 is 9.53 Å². The Balaban J connectivity index is 1.61. The second-order valence-electron chi connectivity index (χ2n) is 7.24. The van der Waals surface area contributed by atoms with Crippen LogP contribution in [0, 0.1) is 18.3 Å². The fraction of sp³-hybridized carbons (Fsp3) is 0.125. The monoisotopic (exact) mass is 441 g/mol. The molecule has 2 aromatic heterocycles. The Bertz CT molecular complexity index is 1310. The molecule has 33 heavy (non-hydrogen) atoms. The maximum atomic E-state index is 12.1. The van der Waals surface area contributed by atoms with Crippen LogP contribution < -0.4 is 26.4 Å². The van der Waals surface area contributed by atoms with Gasteiger partial charge in [-0.3, -0.25) is 0 Å². The van der Waals surface area contributed by atoms with Crippen LogP contribution in [0.4, 0.5) is 21.9 Å². The van der Waals surface area contributed by atoms with Crippen molar-refractivity contribution in [3.8, 4) is 17.6 Å². The summed E-state index contributed by atoms with van der Waals surface area (Å²) in [6, 6.07) is 18.8. The van der Waals surface area contributed by atoms with Crippen molar-refractivity contribution in [2.24, 2.45) is 5.73 Å². The SMILES string of the molecule is Cc1c(NC(=O)NCCN)cn2ncc(C#N)c(Nc3ccc(Oc4ccccc4)cc3)c12. The molecule has 0 aliphatic carbocycles. The number of carbonyl (C=O) groups excluding carboxylic acids is 1. The number of nitrogens with one attached hydrogen (secondary N) is 3. The fourth-order valence-corrected chi connectivity index (χ4v) is 3.35. The first-order chi connectivity index (χ1) is 16.1. The molecule has 9 heteroatoms. The summed E-state index contributed by atoms with van der Waals surface area (Å²) in [5.41, 5.74) is 9.23. The van der Waals surface area contributed by atoms with Crippen LogP contribution in [0.5, 0.6) is 11.5 Å². The van der Waals surface area contributed by atoms with Gasteiger partial charge in [-0.2, -0.15) is 10.4 Å². The van der Waals surface area contributed by atoms with Gasteiger partial charge in [-0.05, 0) is 43.3 Å². The largest absolute Gasteiger partial charge is 0.457 e. The van der Waals surface area contributed by atoms with Gasteiger partial charge in [-0.15, -0.1) is 0 Å². The highest BCUT2D eigenvalue weighted by atomic mass is 16.5. The third-order valence-electron chi connectivity index (χ3n) is 4.96. The van der Waals surface area contributed by atoms with Crippen LogP contribution in [0.2, 0.25) is 0 Å². The summed E-state index contributed by atoms with van der Waals surface area (Å²) < 4.78 is 7.47. The van der Waals surface area contributed by atoms with Gasteiger partial charge in [-0.1, -0.05) is 18.2 Å². The summed E-state index contributed by atoms with van der Waals surface area (Å²) in [6.07, 6.45) is 3.19. The van der Waals surface area contributed by atoms with E-state index in [1.165, 1.54) is 6.20 Å². The lowest BCUT2D eigenvalue weighted by Gasteiger charge is -2.12. The Labute approximate surface area is 190 Å². The van der Waals surface area contributed by atoms with E-state index in [2.05, 4.69) is 27.1 Å². The summed E-state index contributed by atoms with van der Waals surface area (Å²) in [4.78, 5) is 12.1. The Morgan fingerprint density at radius 3 is 2.58 bits per heavy atom. The van der Waals surface area contributed by atoms with Crippen LogP contribution in [-0.4, -0.2) is 28.7 Å². The first-order valence-corrected chi connectivity index (χ1v) is 10.3. The minimum Gasteiger partial charge on any atom is -0.457 e. The van der Waals surface area contributed by atoms with Gasteiger partial charge in [-0.25, -0.2) is 9.31 Å². The van der Waals surface area contributed by atoms with Gasteiger partial charge in [0.2, 0.25) is 0 Å². The van der Waals surface area contributed by atoms with E-state index in [0.29, 0.717) is 41.3 Å². The van der Waals surface area contributed by atoms with Crippen molar-refractivity contribution in [3.05, 3.63) is 78.1 Å². The molecule has 0 radical (unpaired) electrons. The zero-order chi connectivity index (χ0) is 23.2. The average molecular weight is 441 g/mol. The first kappa shape index (κ1) is 21.7. The normalized spacial score (nSPS) is 10.5. The highest BCUT2D eigenvalue weighted by molar-refractivity contribution is 5.94. The van der Waals surface area contributed by atoms with Gasteiger partial charge >= 0.3 is 6.03 Å². The lowest BCUT2D eigenvalue weighted by Crippen LogP contribution is -2.32. The van der Waals surface area contributed by atoms with Gasteiger partial charge in [0.15, 0.2) is 0 Å². The minimum atomic E-state index is -0.358. The fourth-order valence-electron chi connectivity index (χ4n) is 3.35. The van der Waals surface area contributed by atoms with Gasteiger partial charge in [0, 0.05) is 24.3 Å². The van der Waals surface area contributed by atoms with Crippen molar-refractivity contribution in [2.45, 2.75) is 6.92 Å². The average Bonchev–Trinajstić information content (AvgIpc) is 3.15. The van der Waals surface area contributed by atoms with E-state index in [4.69, 9.17) is 10.5 Å². The molecule has 2 heterocycles. The highest BCUT2D eigenvalue weighted by Gasteiger charge is 2.17. The van der Waals surface area contributed by atoms with Crippen LogP contribution in [0.15, 0.2) is 67.0 Å². The standard InChI is InChI=1S/C24H23N7O2/c1-16-21(30-24(32)27-12-11-25)15-31-23(16)22(17(13-26)14-28-31)29-18-7-9-20(10-8-18)33-19-5-3-2-4-6-19/h2-10,14-15,29H,11-12,25H2,1H3,(H2,27,30,32). The molecular weight excluding hydrogens is 418 g/mol. The smallest absolute Gasteiger partial charge is 0.319 e. The number of aromatic nitrogens is 2. The molecular formula is C24H23N7O2. The number of nitrogens with zero attached hydrogens (tertiary/aromatic N) is 3. The van der Waals surface area contributed by atoms with E-state index in [0.717, 1.165) is 17.0 Å². The number of nitriles is 1. The van der Waals surface area contributed by atoms with Crippen molar-refractivity contribution in [1.29, 1.82) is 5.26 Å². The predicted octanol–water partition coefficient (Wildman–Crippen LogP) is 4.13. The van der Waals surface area contributed by atoms with Crippen LogP contribution in [-0.2, 0) is 0 Å². The number of para-hydroxylation sites is 1. The van der Waals surface area contributed by atoms with E-state index < -0.39 is 0 Å². The molecule has 0 bridgehead atoms. The molecule has 0 saturated carbocycles. The molecule has 0 atom stereocenters. The van der Waals surface area contributed by atoms with E-state index in [1.807, 2.05) is 61.5 Å². The summed E-state index contributed by atoms with van der Waals surface area (Å²) in [7, 11) is 0. The van der Waals surface area contributed by atoms with Gasteiger partial charge in [0.1, 0.15) is 17.6 Å². The maximum absolute atomic E-state index is 12.1. The molecule has 5 N–H and O–H groups in total. The molecule has 0 unspecified atom stereocenters. The molecule has 4 rings (SSSR count). The van der Waals surface area contributed by atoms with Crippen molar-refractivity contribution in [2.75, 3.05) is 23.7 Å². The van der Waals surface area contributed by atoms with Crippen molar-refractivity contribution in [1.82, 2.24) is 14.9 Å². The zero-order valence-corrected chi connectivity index (χ0v) is 18.0. The number of hydrogen-bond donors (Lipinski definition) is 4. The molecule has 0 aliphatic heterocycles. The van der Waals surface area contributed by atoms with Gasteiger partial charge < -0.3 is 26.4 Å². The van der Waals surface area contributed by atoms with Gasteiger partial charge in [0.05, 0.1) is 34.8 Å². The van der Waals surface area contributed by atoms with Crippen LogP contribution in [0.3, 0.4) is 0 Å². The molecule has 0 saturated heterocycles. The number of carbonyl (C=O) groups is 1. The summed E-state index contributed by atoms with van der Waals surface area (Å²) >= 11 is 0. The maximum Gasteiger partial charge on any atom is 0.319 e. The lowest BCUT2D eigenvalue weighted by atomic mass is 10.1. The van der Waals surface area contributed by atoms with E-state index in [1.54, 1.807) is 10.7 Å². The number of hydrogen-bond acceptors (Lipinski definition) is 6. The van der Waals surface area contributed by atoms with Crippen LogP contribution in [0.25, 0.3) is 5.52 Å². The third kappa shape index (κ3) is 4.87. The van der Waals surface area contributed by atoms with Crippen molar-refractivity contribution >= 4 is 28.6 Å². The van der Waals surface area contributed by atoms with Crippen molar-refractivity contribution in [3.63, 3.8) is 0 Å². The number of benzene rings is 2. The Hall–Kier alpha value is -4.55. The number of aryl methyl sites for hydroxylation is 1. The predicted molar refractivity (Wildman–Crippen MR) is 127 cm³/mol. The zero-order valence-electron chi connectivity index (χ0n) is 18.0. The molecule has 2 aromatic carbocycles. The minimum absolute atomic E-state index is 0.348. The Morgan fingerprint density at radius 1 is 1.15 bits per heavy atom. The lowest BCUT2D eigenvalue weighted by molar-refractivity contribution is 0.252. The molecule has 4 aromatic rings. The van der Waals surface area contributed by atoms with Gasteiger partial charge in [0.25, 0.3) is 0 Å². The molecule has 166 valence electrons. The summed E-state index contributed by atoms with van der Waals surface area (Å²) in [5, 5.41) is 22.7. The molecule has 9 nitrogen and oxygen atoms in total. The van der Waals surface area contributed by atoms with Crippen LogP contribution >= 0.6 is 0 Å². The number of amides is 2. The molecule has 0 fully saturated rings. The summed E-state index contributed by atoms with van der Waals surface area (Å²) in [6.45, 7) is 2.57. The van der Waals surface area contributed by atoms with E-state index in [9.17, 15) is 10.1 Å². The molecule has 0 aliphatic rings. The molecule has 0 spiro atoms.